The van der Waals surface area contributed by atoms with Gasteiger partial charge in [-0.15, -0.1) is 0 Å². The number of ether oxygens (including phenoxy) is 1. The standard InChI is InChI=1S/C26H25F4N5O/c27-19-8-16(11-31)7-17(9-19)13-35-5-2-21(26(29,30)15-35)25-20-10-24(33-12-18(20)1-4-32-25)34-23-14-36-6-3-22(23)28/h1,4,7-10,12,21-23H,2-3,5-6,13-15H2,(H,33,34)/t21-,22+,23+/m0/s1. The van der Waals surface area contributed by atoms with Gasteiger partial charge in [0.1, 0.15) is 17.8 Å². The maximum Gasteiger partial charge on any atom is 0.268 e. The van der Waals surface area contributed by atoms with Gasteiger partial charge in [-0.25, -0.2) is 22.5 Å². The van der Waals surface area contributed by atoms with E-state index in [9.17, 15) is 8.78 Å². The van der Waals surface area contributed by atoms with Crippen LogP contribution >= 0.6 is 0 Å². The number of rotatable bonds is 5. The van der Waals surface area contributed by atoms with Gasteiger partial charge in [0.2, 0.25) is 0 Å². The third-order valence-electron chi connectivity index (χ3n) is 6.78. The summed E-state index contributed by atoms with van der Waals surface area (Å²) >= 11 is 0. The van der Waals surface area contributed by atoms with Gasteiger partial charge in [0.15, 0.2) is 0 Å². The normalized spacial score (nSPS) is 24.4. The minimum atomic E-state index is -3.09. The van der Waals surface area contributed by atoms with E-state index in [1.807, 2.05) is 6.07 Å². The van der Waals surface area contributed by atoms with Crippen molar-refractivity contribution in [3.8, 4) is 6.07 Å². The van der Waals surface area contributed by atoms with Gasteiger partial charge in [-0.3, -0.25) is 9.88 Å². The smallest absolute Gasteiger partial charge is 0.268 e. The Bertz CT molecular complexity index is 1300. The molecule has 2 aliphatic rings. The fraction of sp³-hybridized carbons (Fsp3) is 0.423. The van der Waals surface area contributed by atoms with Crippen molar-refractivity contribution in [2.45, 2.75) is 43.4 Å². The Hall–Kier alpha value is -3.29. The summed E-state index contributed by atoms with van der Waals surface area (Å²) < 4.78 is 64.3. The number of fused-ring (bicyclic) bond motifs is 1. The molecule has 188 valence electrons. The van der Waals surface area contributed by atoms with Gasteiger partial charge in [0, 0.05) is 42.7 Å². The molecule has 4 heterocycles. The van der Waals surface area contributed by atoms with Crippen LogP contribution in [0.1, 0.15) is 35.6 Å². The largest absolute Gasteiger partial charge is 0.379 e. The molecule has 6 nitrogen and oxygen atoms in total. The third-order valence-corrected chi connectivity index (χ3v) is 6.78. The molecule has 2 fully saturated rings. The Labute approximate surface area is 205 Å². The molecule has 2 saturated heterocycles. The first-order valence-corrected chi connectivity index (χ1v) is 11.8. The summed E-state index contributed by atoms with van der Waals surface area (Å²) in [5.74, 6) is -4.40. The number of nitriles is 1. The number of aromatic nitrogens is 2. The molecule has 0 unspecified atom stereocenters. The lowest BCUT2D eigenvalue weighted by Crippen LogP contribution is -2.47. The molecule has 1 aromatic carbocycles. The zero-order valence-electron chi connectivity index (χ0n) is 19.4. The van der Waals surface area contributed by atoms with Gasteiger partial charge in [0.25, 0.3) is 5.92 Å². The Morgan fingerprint density at radius 1 is 1.19 bits per heavy atom. The molecule has 0 aliphatic carbocycles. The van der Waals surface area contributed by atoms with Crippen LogP contribution in [0.2, 0.25) is 0 Å². The van der Waals surface area contributed by atoms with Gasteiger partial charge in [-0.1, -0.05) is 0 Å². The van der Waals surface area contributed by atoms with Crippen molar-refractivity contribution < 1.29 is 22.3 Å². The molecule has 2 aromatic heterocycles. The summed E-state index contributed by atoms with van der Waals surface area (Å²) in [6.07, 6.45) is 2.42. The molecular weight excluding hydrogens is 474 g/mol. The van der Waals surface area contributed by atoms with Crippen LogP contribution in [0.25, 0.3) is 10.8 Å². The minimum absolute atomic E-state index is 0.115. The zero-order chi connectivity index (χ0) is 25.3. The van der Waals surface area contributed by atoms with Gasteiger partial charge in [-0.2, -0.15) is 5.26 Å². The second kappa shape index (κ2) is 9.99. The number of hydrogen-bond donors (Lipinski definition) is 1. The Morgan fingerprint density at radius 2 is 2.06 bits per heavy atom. The third kappa shape index (κ3) is 5.13. The van der Waals surface area contributed by atoms with Crippen molar-refractivity contribution in [3.63, 3.8) is 0 Å². The van der Waals surface area contributed by atoms with E-state index in [-0.39, 0.29) is 37.3 Å². The number of piperidine rings is 1. The molecule has 0 bridgehead atoms. The predicted octanol–water partition coefficient (Wildman–Crippen LogP) is 4.80. The number of nitrogens with zero attached hydrogens (tertiary/aromatic N) is 4. The fourth-order valence-corrected chi connectivity index (χ4v) is 5.02. The molecule has 36 heavy (non-hydrogen) atoms. The van der Waals surface area contributed by atoms with E-state index >= 15 is 8.78 Å². The summed E-state index contributed by atoms with van der Waals surface area (Å²) in [6, 6.07) is 8.58. The van der Waals surface area contributed by atoms with Gasteiger partial charge in [0.05, 0.1) is 42.4 Å². The minimum Gasteiger partial charge on any atom is -0.379 e. The summed E-state index contributed by atoms with van der Waals surface area (Å²) in [5, 5.41) is 13.3. The highest BCUT2D eigenvalue weighted by atomic mass is 19.3. The van der Waals surface area contributed by atoms with E-state index in [0.717, 1.165) is 6.07 Å². The summed E-state index contributed by atoms with van der Waals surface area (Å²) in [7, 11) is 0. The van der Waals surface area contributed by atoms with E-state index in [0.29, 0.717) is 35.3 Å². The van der Waals surface area contributed by atoms with Crippen molar-refractivity contribution in [1.82, 2.24) is 14.9 Å². The molecule has 2 aliphatic heterocycles. The second-order valence-corrected chi connectivity index (χ2v) is 9.39. The zero-order valence-corrected chi connectivity index (χ0v) is 19.4. The number of benzene rings is 1. The number of pyridine rings is 2. The molecule has 5 rings (SSSR count). The summed E-state index contributed by atoms with van der Waals surface area (Å²) in [6.45, 7) is 0.524. The molecule has 3 aromatic rings. The maximum atomic E-state index is 15.5. The van der Waals surface area contributed by atoms with Crippen LogP contribution in [0.15, 0.2) is 42.7 Å². The number of likely N-dealkylation sites (tertiary alicyclic amines) is 1. The molecule has 1 N–H and O–H groups in total. The summed E-state index contributed by atoms with van der Waals surface area (Å²) in [5.41, 5.74) is 0.907. The monoisotopic (exact) mass is 499 g/mol. The molecule has 0 amide bonds. The Kier molecular flexibility index (Phi) is 6.77. The molecular formula is C26H25F4N5O. The van der Waals surface area contributed by atoms with E-state index in [1.165, 1.54) is 18.3 Å². The van der Waals surface area contributed by atoms with Crippen molar-refractivity contribution in [2.24, 2.45) is 0 Å². The SMILES string of the molecule is N#Cc1cc(F)cc(CN2CC[C@@H](c3nccc4cnc(N[C@@H]5COCC[C@H]5F)cc34)C(F)(F)C2)c1. The number of hydrogen-bond acceptors (Lipinski definition) is 6. The van der Waals surface area contributed by atoms with E-state index < -0.39 is 36.4 Å². The fourth-order valence-electron chi connectivity index (χ4n) is 5.02. The molecule has 0 spiro atoms. The van der Waals surface area contributed by atoms with Crippen LogP contribution in [0, 0.1) is 17.1 Å². The highest BCUT2D eigenvalue weighted by molar-refractivity contribution is 5.86. The first-order chi connectivity index (χ1) is 17.3. The first-order valence-electron chi connectivity index (χ1n) is 11.8. The number of alkyl halides is 3. The van der Waals surface area contributed by atoms with Crippen LogP contribution in [0.4, 0.5) is 23.4 Å². The van der Waals surface area contributed by atoms with Crippen LogP contribution in [0.5, 0.6) is 0 Å². The van der Waals surface area contributed by atoms with Crippen molar-refractivity contribution >= 4 is 16.6 Å². The lowest BCUT2D eigenvalue weighted by Gasteiger charge is -2.38. The highest BCUT2D eigenvalue weighted by Crippen LogP contribution is 2.42. The predicted molar refractivity (Wildman–Crippen MR) is 126 cm³/mol. The summed E-state index contributed by atoms with van der Waals surface area (Å²) in [4.78, 5) is 10.2. The highest BCUT2D eigenvalue weighted by Gasteiger charge is 2.46. The van der Waals surface area contributed by atoms with Gasteiger partial charge >= 0.3 is 0 Å². The van der Waals surface area contributed by atoms with Crippen molar-refractivity contribution in [2.75, 3.05) is 31.6 Å². The Morgan fingerprint density at radius 3 is 2.83 bits per heavy atom. The molecule has 3 atom stereocenters. The topological polar surface area (TPSA) is 74.1 Å². The van der Waals surface area contributed by atoms with E-state index in [1.54, 1.807) is 23.2 Å². The molecule has 0 radical (unpaired) electrons. The van der Waals surface area contributed by atoms with Crippen LogP contribution in [0.3, 0.4) is 0 Å². The second-order valence-electron chi connectivity index (χ2n) is 9.39. The van der Waals surface area contributed by atoms with Crippen molar-refractivity contribution in [1.29, 1.82) is 5.26 Å². The van der Waals surface area contributed by atoms with Crippen LogP contribution < -0.4 is 5.32 Å². The Balaban J connectivity index is 1.37. The number of halogens is 4. The number of anilines is 1. The lowest BCUT2D eigenvalue weighted by molar-refractivity contribution is -0.0854. The van der Waals surface area contributed by atoms with Crippen molar-refractivity contribution in [3.05, 3.63) is 65.4 Å². The van der Waals surface area contributed by atoms with E-state index in [2.05, 4.69) is 15.3 Å². The van der Waals surface area contributed by atoms with Gasteiger partial charge < -0.3 is 10.1 Å². The van der Waals surface area contributed by atoms with E-state index in [4.69, 9.17) is 10.00 Å². The quantitative estimate of drug-likeness (QED) is 0.509. The number of nitrogens with one attached hydrogen (secondary N) is 1. The first kappa shape index (κ1) is 24.4. The van der Waals surface area contributed by atoms with Crippen LogP contribution in [-0.4, -0.2) is 59.3 Å². The average molecular weight is 500 g/mol. The lowest BCUT2D eigenvalue weighted by atomic mass is 9.87. The van der Waals surface area contributed by atoms with Crippen LogP contribution in [-0.2, 0) is 11.3 Å². The average Bonchev–Trinajstić information content (AvgIpc) is 2.84. The maximum absolute atomic E-state index is 15.5. The molecule has 10 heteroatoms. The molecule has 0 saturated carbocycles. The van der Waals surface area contributed by atoms with Gasteiger partial charge in [-0.05, 0) is 48.9 Å².